The van der Waals surface area contributed by atoms with Crippen LogP contribution in [-0.4, -0.2) is 59.9 Å². The second kappa shape index (κ2) is 9.94. The molecule has 1 saturated carbocycles. The van der Waals surface area contributed by atoms with E-state index in [-0.39, 0.29) is 34.7 Å². The average Bonchev–Trinajstić information content (AvgIpc) is 3.39. The van der Waals surface area contributed by atoms with Gasteiger partial charge < -0.3 is 20.8 Å². The molecule has 0 unspecified atom stereocenters. The maximum atomic E-state index is 13.1. The van der Waals surface area contributed by atoms with E-state index >= 15 is 0 Å². The topological polar surface area (TPSA) is 142 Å². The van der Waals surface area contributed by atoms with Crippen LogP contribution in [0.5, 0.6) is 0 Å². The van der Waals surface area contributed by atoms with Crippen molar-refractivity contribution >= 4 is 23.2 Å². The van der Waals surface area contributed by atoms with E-state index in [9.17, 15) is 19.8 Å². The predicted molar refractivity (Wildman–Crippen MR) is 125 cm³/mol. The molecule has 1 aliphatic rings. The smallest absolute Gasteiger partial charge is 0.247 e. The fraction of sp³-hybridized carbons (Fsp3) is 0.250. The Bertz CT molecular complexity index is 1210. The van der Waals surface area contributed by atoms with Gasteiger partial charge in [-0.3, -0.25) is 14.3 Å². The molecule has 0 saturated heterocycles. The van der Waals surface area contributed by atoms with E-state index in [2.05, 4.69) is 39.2 Å². The van der Waals surface area contributed by atoms with Gasteiger partial charge in [-0.05, 0) is 49.1 Å². The molecule has 2 heterocycles. The Balaban J connectivity index is 1.49. The fourth-order valence-electron chi connectivity index (χ4n) is 3.89. The summed E-state index contributed by atoms with van der Waals surface area (Å²) in [6.07, 6.45) is 4.03. The number of hydrogen-bond acceptors (Lipinski definition) is 8. The third-order valence-corrected chi connectivity index (χ3v) is 5.68. The van der Waals surface area contributed by atoms with Crippen molar-refractivity contribution in [2.45, 2.75) is 31.2 Å². The van der Waals surface area contributed by atoms with E-state index < -0.39 is 18.2 Å². The number of amides is 1. The summed E-state index contributed by atoms with van der Waals surface area (Å²) < 4.78 is 1.61. The molecule has 1 aliphatic carbocycles. The molecule has 10 heteroatoms. The van der Waals surface area contributed by atoms with E-state index in [4.69, 9.17) is 0 Å². The zero-order valence-corrected chi connectivity index (χ0v) is 18.3. The minimum atomic E-state index is -1.02. The van der Waals surface area contributed by atoms with Gasteiger partial charge in [0, 0.05) is 18.1 Å². The molecule has 0 aliphatic heterocycles. The summed E-state index contributed by atoms with van der Waals surface area (Å²) in [4.78, 5) is 32.8. The third kappa shape index (κ3) is 5.03. The molecule has 1 radical (unpaired) electrons. The Hall–Kier alpha value is -3.89. The SMILES string of the molecule is [CH2][C@@H]1C[C@@H](Nc2ncncc2C(=O)c2ccn(Cc3cccc(NC(=O)C=C)c3)n2)[C@H](O)[C@@H]1O. The van der Waals surface area contributed by atoms with Gasteiger partial charge in [-0.25, -0.2) is 9.97 Å². The van der Waals surface area contributed by atoms with Gasteiger partial charge in [-0.15, -0.1) is 0 Å². The summed E-state index contributed by atoms with van der Waals surface area (Å²) in [5, 5.41) is 30.3. The molecule has 2 aromatic heterocycles. The summed E-state index contributed by atoms with van der Waals surface area (Å²) in [6.45, 7) is 7.67. The van der Waals surface area contributed by atoms with Gasteiger partial charge in [-0.2, -0.15) is 5.10 Å². The number of ketones is 1. The fourth-order valence-corrected chi connectivity index (χ4v) is 3.89. The number of carbonyl (C=O) groups excluding carboxylic acids is 2. The number of hydrogen-bond donors (Lipinski definition) is 4. The monoisotopic (exact) mass is 461 g/mol. The number of rotatable bonds is 8. The number of nitrogens with zero attached hydrogens (tertiary/aromatic N) is 4. The maximum absolute atomic E-state index is 13.1. The summed E-state index contributed by atoms with van der Waals surface area (Å²) in [6, 6.07) is 8.39. The van der Waals surface area contributed by atoms with Crippen molar-refractivity contribution in [3.8, 4) is 0 Å². The van der Waals surface area contributed by atoms with Crippen molar-refractivity contribution in [1.29, 1.82) is 0 Å². The van der Waals surface area contributed by atoms with Crippen LogP contribution in [-0.2, 0) is 11.3 Å². The summed E-state index contributed by atoms with van der Waals surface area (Å²) in [5.74, 6) is -0.754. The van der Waals surface area contributed by atoms with E-state index in [1.54, 1.807) is 23.0 Å². The normalized spacial score (nSPS) is 21.7. The molecule has 175 valence electrons. The van der Waals surface area contributed by atoms with E-state index in [0.717, 1.165) is 5.56 Å². The second-order valence-electron chi connectivity index (χ2n) is 8.13. The molecule has 1 aromatic carbocycles. The Morgan fingerprint density at radius 3 is 2.79 bits per heavy atom. The van der Waals surface area contributed by atoms with Crippen molar-refractivity contribution in [2.24, 2.45) is 5.92 Å². The van der Waals surface area contributed by atoms with Crippen LogP contribution in [0.2, 0.25) is 0 Å². The van der Waals surface area contributed by atoms with Crippen molar-refractivity contribution in [3.05, 3.63) is 85.5 Å². The quantitative estimate of drug-likeness (QED) is 0.292. The second-order valence-corrected chi connectivity index (χ2v) is 8.13. The first-order valence-corrected chi connectivity index (χ1v) is 10.7. The summed E-state index contributed by atoms with van der Waals surface area (Å²) >= 11 is 0. The van der Waals surface area contributed by atoms with Crippen LogP contribution in [0.1, 0.15) is 28.0 Å². The number of nitrogens with one attached hydrogen (secondary N) is 2. The molecular formula is C24H25N6O4. The Labute approximate surface area is 196 Å². The average molecular weight is 462 g/mol. The summed E-state index contributed by atoms with van der Waals surface area (Å²) in [5.41, 5.74) is 1.92. The number of anilines is 2. The molecule has 1 fully saturated rings. The van der Waals surface area contributed by atoms with Crippen LogP contribution in [0.3, 0.4) is 0 Å². The lowest BCUT2D eigenvalue weighted by molar-refractivity contribution is -0.111. The van der Waals surface area contributed by atoms with Gasteiger partial charge >= 0.3 is 0 Å². The lowest BCUT2D eigenvalue weighted by Gasteiger charge is -2.19. The molecule has 3 aromatic rings. The first kappa shape index (κ1) is 23.3. The Morgan fingerprint density at radius 1 is 1.24 bits per heavy atom. The molecule has 1 amide bonds. The van der Waals surface area contributed by atoms with E-state index in [1.807, 2.05) is 18.2 Å². The highest BCUT2D eigenvalue weighted by atomic mass is 16.3. The first-order chi connectivity index (χ1) is 16.4. The number of carbonyl (C=O) groups is 2. The zero-order valence-electron chi connectivity index (χ0n) is 18.3. The van der Waals surface area contributed by atoms with Crippen molar-refractivity contribution in [3.63, 3.8) is 0 Å². The van der Waals surface area contributed by atoms with Gasteiger partial charge in [0.25, 0.3) is 0 Å². The number of aromatic nitrogens is 4. The molecule has 0 bridgehead atoms. The van der Waals surface area contributed by atoms with Crippen LogP contribution in [0.15, 0.2) is 61.7 Å². The Morgan fingerprint density at radius 2 is 2.06 bits per heavy atom. The highest BCUT2D eigenvalue weighted by Crippen LogP contribution is 2.29. The molecule has 4 rings (SSSR count). The largest absolute Gasteiger partial charge is 0.390 e. The number of aliphatic hydroxyl groups is 2. The van der Waals surface area contributed by atoms with Gasteiger partial charge in [0.15, 0.2) is 0 Å². The van der Waals surface area contributed by atoms with Gasteiger partial charge in [-0.1, -0.05) is 18.7 Å². The highest BCUT2D eigenvalue weighted by Gasteiger charge is 2.39. The molecule has 0 spiro atoms. The molecular weight excluding hydrogens is 436 g/mol. The van der Waals surface area contributed by atoms with Crippen molar-refractivity contribution in [2.75, 3.05) is 10.6 Å². The van der Waals surface area contributed by atoms with Crippen molar-refractivity contribution in [1.82, 2.24) is 19.7 Å². The molecule has 4 N–H and O–H groups in total. The van der Waals surface area contributed by atoms with Crippen LogP contribution in [0.25, 0.3) is 0 Å². The minimum absolute atomic E-state index is 0.205. The first-order valence-electron chi connectivity index (χ1n) is 10.7. The van der Waals surface area contributed by atoms with E-state index in [0.29, 0.717) is 18.7 Å². The van der Waals surface area contributed by atoms with Gasteiger partial charge in [0.2, 0.25) is 11.7 Å². The summed E-state index contributed by atoms with van der Waals surface area (Å²) in [7, 11) is 0. The lowest BCUT2D eigenvalue weighted by Crippen LogP contribution is -2.35. The number of benzene rings is 1. The third-order valence-electron chi connectivity index (χ3n) is 5.68. The van der Waals surface area contributed by atoms with Crippen LogP contribution in [0.4, 0.5) is 11.5 Å². The predicted octanol–water partition coefficient (Wildman–Crippen LogP) is 1.43. The lowest BCUT2D eigenvalue weighted by atomic mass is 10.1. The highest BCUT2D eigenvalue weighted by molar-refractivity contribution is 6.10. The van der Waals surface area contributed by atoms with Crippen molar-refractivity contribution < 1.29 is 19.8 Å². The standard InChI is InChI=1S/C24H25N6O4/c1-3-20(31)27-16-6-4-5-15(10-16)12-30-8-7-18(29-30)22(33)17-11-25-13-26-24(17)28-19-9-14(2)21(32)23(19)34/h3-8,10-11,13-14,19,21,23,32,34H,1-2,9,12H2,(H,27,31)(H,25,26,28)/t14-,19-,21-,23+/m1/s1. The molecule has 10 nitrogen and oxygen atoms in total. The molecule has 34 heavy (non-hydrogen) atoms. The van der Waals surface area contributed by atoms with Crippen LogP contribution < -0.4 is 10.6 Å². The van der Waals surface area contributed by atoms with Gasteiger partial charge in [0.1, 0.15) is 23.9 Å². The van der Waals surface area contributed by atoms with Crippen LogP contribution in [0, 0.1) is 12.8 Å². The zero-order chi connectivity index (χ0) is 24.2. The van der Waals surface area contributed by atoms with Crippen LogP contribution >= 0.6 is 0 Å². The minimum Gasteiger partial charge on any atom is -0.390 e. The molecule has 4 atom stereocenters. The maximum Gasteiger partial charge on any atom is 0.247 e. The number of aliphatic hydroxyl groups excluding tert-OH is 2. The van der Waals surface area contributed by atoms with E-state index in [1.165, 1.54) is 18.6 Å². The Kier molecular flexibility index (Phi) is 6.80. The van der Waals surface area contributed by atoms with Gasteiger partial charge in [0.05, 0.1) is 24.3 Å².